The first kappa shape index (κ1) is 43.8. The maximum absolute atomic E-state index is 15.0. The van der Waals surface area contributed by atoms with Gasteiger partial charge in [0.1, 0.15) is 6.07 Å². The zero-order valence-electron chi connectivity index (χ0n) is 31.0. The van der Waals surface area contributed by atoms with Crippen molar-refractivity contribution in [3.63, 3.8) is 0 Å². The molecule has 0 aliphatic heterocycles. The first-order chi connectivity index (χ1) is 29.5. The Morgan fingerprint density at radius 2 is 0.672 bits per heavy atom. The monoisotopic (exact) mass is 917 g/mol. The van der Waals surface area contributed by atoms with Gasteiger partial charge in [-0.25, -0.2) is 0 Å². The van der Waals surface area contributed by atoms with Crippen LogP contribution in [-0.2, 0) is 37.1 Å². The van der Waals surface area contributed by atoms with Gasteiger partial charge in [0.15, 0.2) is 0 Å². The number of rotatable bonds is 3. The molecule has 0 amide bonds. The number of benzene rings is 6. The van der Waals surface area contributed by atoms with Gasteiger partial charge in [-0.15, -0.1) is 0 Å². The minimum atomic E-state index is -5.73. The topological polar surface area (TPSA) is 33.6 Å². The molecule has 0 atom stereocenters. The van der Waals surface area contributed by atoms with E-state index in [4.69, 9.17) is 0 Å². The van der Waals surface area contributed by atoms with Crippen LogP contribution in [-0.4, -0.2) is 9.13 Å². The van der Waals surface area contributed by atoms with Crippen LogP contribution in [0.3, 0.4) is 0 Å². The fourth-order valence-electron chi connectivity index (χ4n) is 7.81. The number of nitriles is 1. The molecule has 330 valence electrons. The molecule has 6 aromatic carbocycles. The van der Waals surface area contributed by atoms with Crippen molar-refractivity contribution in [1.82, 2.24) is 9.13 Å². The summed E-state index contributed by atoms with van der Waals surface area (Å²) < 4.78 is 261. The van der Waals surface area contributed by atoms with Crippen LogP contribution >= 0.6 is 0 Å². The van der Waals surface area contributed by atoms with E-state index in [2.05, 4.69) is 0 Å². The molecule has 64 heavy (non-hydrogen) atoms. The Kier molecular flexibility index (Phi) is 9.63. The van der Waals surface area contributed by atoms with Gasteiger partial charge in [-0.2, -0.15) is 84.3 Å². The van der Waals surface area contributed by atoms with Gasteiger partial charge in [0, 0.05) is 32.7 Å². The van der Waals surface area contributed by atoms with Crippen LogP contribution in [0.1, 0.15) is 38.9 Å². The summed E-state index contributed by atoms with van der Waals surface area (Å²) >= 11 is 0. The van der Waals surface area contributed by atoms with E-state index in [-0.39, 0.29) is 33.7 Å². The highest BCUT2D eigenvalue weighted by molar-refractivity contribution is 6.12. The van der Waals surface area contributed by atoms with E-state index in [1.807, 2.05) is 0 Å². The third kappa shape index (κ3) is 7.27. The summed E-state index contributed by atoms with van der Waals surface area (Å²) in [4.78, 5) is 0. The Morgan fingerprint density at radius 1 is 0.359 bits per heavy atom. The van der Waals surface area contributed by atoms with E-state index in [9.17, 15) is 57.9 Å². The van der Waals surface area contributed by atoms with Crippen molar-refractivity contribution in [2.24, 2.45) is 0 Å². The molecule has 0 bridgehead atoms. The molecular formula is C43H17F18N3. The zero-order chi connectivity index (χ0) is 46.9. The molecule has 0 N–H and O–H groups in total. The van der Waals surface area contributed by atoms with Crippen molar-refractivity contribution >= 4 is 43.6 Å². The minimum Gasteiger partial charge on any atom is -0.309 e. The van der Waals surface area contributed by atoms with Crippen LogP contribution in [0.4, 0.5) is 79.0 Å². The largest absolute Gasteiger partial charge is 0.417 e. The molecule has 0 radical (unpaired) electrons. The quantitative estimate of drug-likeness (QED) is 0.163. The maximum atomic E-state index is 15.0. The van der Waals surface area contributed by atoms with Crippen LogP contribution in [0.2, 0.25) is 0 Å². The van der Waals surface area contributed by atoms with Gasteiger partial charge in [-0.3, -0.25) is 0 Å². The lowest BCUT2D eigenvalue weighted by Crippen LogP contribution is -2.15. The summed E-state index contributed by atoms with van der Waals surface area (Å²) in [6.07, 6.45) is -32.2. The van der Waals surface area contributed by atoms with Crippen molar-refractivity contribution in [2.75, 3.05) is 0 Å². The van der Waals surface area contributed by atoms with Crippen LogP contribution in [0, 0.1) is 11.3 Å². The SMILES string of the molecule is N#Cc1cc(-n2c3cc(C(F)(F)F)ccc3c3ccc(C(F)(F)F)cc32)c(-c2c(C(F)(F)F)cccc2C(F)(F)F)cc1-n1c2cc(C(F)(F)F)ccc2c2ccc(C(F)(F)F)cc21. The third-order valence-corrected chi connectivity index (χ3v) is 10.5. The van der Waals surface area contributed by atoms with Gasteiger partial charge in [0.05, 0.1) is 72.4 Å². The molecule has 21 heteroatoms. The fourth-order valence-corrected chi connectivity index (χ4v) is 7.81. The highest BCUT2D eigenvalue weighted by Crippen LogP contribution is 2.50. The molecule has 0 saturated heterocycles. The maximum Gasteiger partial charge on any atom is 0.417 e. The molecule has 0 unspecified atom stereocenters. The molecule has 0 fully saturated rings. The molecular weight excluding hydrogens is 900 g/mol. The summed E-state index contributed by atoms with van der Waals surface area (Å²) in [5, 5.41) is 9.49. The average molecular weight is 918 g/mol. The molecule has 2 aromatic heterocycles. The van der Waals surface area contributed by atoms with Crippen molar-refractivity contribution in [1.29, 1.82) is 5.26 Å². The molecule has 3 nitrogen and oxygen atoms in total. The summed E-state index contributed by atoms with van der Waals surface area (Å²) in [5.41, 5.74) is -18.9. The summed E-state index contributed by atoms with van der Waals surface area (Å²) in [6, 6.07) is 9.83. The van der Waals surface area contributed by atoms with Gasteiger partial charge in [-0.05, 0) is 72.8 Å². The summed E-state index contributed by atoms with van der Waals surface area (Å²) in [6.45, 7) is 0. The molecule has 8 rings (SSSR count). The molecule has 0 aliphatic carbocycles. The number of nitrogens with zero attached hydrogens (tertiary/aromatic N) is 3. The molecule has 0 aliphatic rings. The van der Waals surface area contributed by atoms with E-state index in [1.54, 1.807) is 6.07 Å². The van der Waals surface area contributed by atoms with Gasteiger partial charge in [-0.1, -0.05) is 30.3 Å². The molecule has 0 spiro atoms. The smallest absolute Gasteiger partial charge is 0.309 e. The molecule has 2 heterocycles. The summed E-state index contributed by atoms with van der Waals surface area (Å²) in [7, 11) is 0. The fraction of sp³-hybridized carbons (Fsp3) is 0.140. The van der Waals surface area contributed by atoms with Gasteiger partial charge in [0.25, 0.3) is 0 Å². The lowest BCUT2D eigenvalue weighted by Gasteiger charge is -2.24. The Labute approximate surface area is 344 Å². The lowest BCUT2D eigenvalue weighted by atomic mass is 9.90. The highest BCUT2D eigenvalue weighted by atomic mass is 19.4. The van der Waals surface area contributed by atoms with Crippen LogP contribution in [0.15, 0.2) is 103 Å². The van der Waals surface area contributed by atoms with Crippen molar-refractivity contribution in [2.45, 2.75) is 37.1 Å². The van der Waals surface area contributed by atoms with E-state index in [0.717, 1.165) is 24.3 Å². The van der Waals surface area contributed by atoms with Crippen LogP contribution < -0.4 is 0 Å². The van der Waals surface area contributed by atoms with Crippen molar-refractivity contribution in [3.05, 3.63) is 142 Å². The Morgan fingerprint density at radius 3 is 0.953 bits per heavy atom. The number of hydrogen-bond donors (Lipinski definition) is 0. The van der Waals surface area contributed by atoms with Crippen molar-refractivity contribution < 1.29 is 79.0 Å². The van der Waals surface area contributed by atoms with E-state index >= 15 is 26.3 Å². The van der Waals surface area contributed by atoms with Crippen molar-refractivity contribution in [3.8, 4) is 28.6 Å². The summed E-state index contributed by atoms with van der Waals surface area (Å²) in [5.74, 6) is 0. The standard InChI is InChI=1S/C43H17F18N3/c44-38(45,46)20-4-8-24-25-9-5-21(39(47,48)49)14-34(25)63(33(24)13-20)31-17-28(37-29(42(56,57)58)2-1-3-30(37)43(59,60)61)32(12-19(31)18-62)64-35-15-22(40(50,51)52)6-10-26(35)27-11-7-23(16-36(27)64)41(53,54)55/h1-17H. The van der Waals surface area contributed by atoms with Gasteiger partial charge >= 0.3 is 37.1 Å². The first-order valence-electron chi connectivity index (χ1n) is 17.8. The second-order valence-corrected chi connectivity index (χ2v) is 14.3. The van der Waals surface area contributed by atoms with E-state index in [0.29, 0.717) is 75.9 Å². The van der Waals surface area contributed by atoms with Gasteiger partial charge in [0.2, 0.25) is 0 Å². The average Bonchev–Trinajstić information content (AvgIpc) is 3.69. The molecule has 0 saturated carbocycles. The Balaban J connectivity index is 1.65. The number of alkyl halides is 18. The second-order valence-electron chi connectivity index (χ2n) is 14.3. The lowest BCUT2D eigenvalue weighted by molar-refractivity contribution is -0.142. The predicted octanol–water partition coefficient (Wildman–Crippen LogP) is 15.5. The van der Waals surface area contributed by atoms with Crippen LogP contribution in [0.25, 0.3) is 66.1 Å². The number of hydrogen-bond acceptors (Lipinski definition) is 1. The minimum absolute atomic E-state index is 0.160. The highest BCUT2D eigenvalue weighted by Gasteiger charge is 2.43. The second kappa shape index (κ2) is 14.1. The zero-order valence-corrected chi connectivity index (χ0v) is 31.0. The van der Waals surface area contributed by atoms with E-state index in [1.165, 1.54) is 0 Å². The number of aromatic nitrogens is 2. The predicted molar refractivity (Wildman–Crippen MR) is 195 cm³/mol. The number of fused-ring (bicyclic) bond motifs is 6. The third-order valence-electron chi connectivity index (χ3n) is 10.5. The first-order valence-corrected chi connectivity index (χ1v) is 17.8. The van der Waals surface area contributed by atoms with E-state index < -0.39 is 121 Å². The van der Waals surface area contributed by atoms with Gasteiger partial charge < -0.3 is 9.13 Å². The normalized spacial score (nSPS) is 13.5. The molecule has 8 aromatic rings. The number of halogens is 18. The van der Waals surface area contributed by atoms with Crippen LogP contribution in [0.5, 0.6) is 0 Å². The Hall–Kier alpha value is -6.85. The Bertz CT molecular complexity index is 3080.